The first-order valence-corrected chi connectivity index (χ1v) is 10.4. The Hall–Kier alpha value is -2.80. The van der Waals surface area contributed by atoms with Crippen LogP contribution in [0.3, 0.4) is 0 Å². The lowest BCUT2D eigenvalue weighted by atomic mass is 9.74. The van der Waals surface area contributed by atoms with E-state index in [2.05, 4.69) is 27.4 Å². The van der Waals surface area contributed by atoms with Gasteiger partial charge in [0.1, 0.15) is 5.82 Å². The third kappa shape index (κ3) is 4.84. The van der Waals surface area contributed by atoms with Gasteiger partial charge in [-0.25, -0.2) is 9.97 Å². The summed E-state index contributed by atoms with van der Waals surface area (Å²) in [5.41, 5.74) is 1.28. The van der Waals surface area contributed by atoms with Crippen molar-refractivity contribution in [3.63, 3.8) is 0 Å². The van der Waals surface area contributed by atoms with Crippen LogP contribution in [-0.2, 0) is 10.2 Å². The number of rotatable bonds is 5. The van der Waals surface area contributed by atoms with Gasteiger partial charge in [0, 0.05) is 38.3 Å². The van der Waals surface area contributed by atoms with Gasteiger partial charge in [-0.2, -0.15) is 0 Å². The van der Waals surface area contributed by atoms with E-state index in [4.69, 9.17) is 0 Å². The third-order valence-corrected chi connectivity index (χ3v) is 6.19. The molecule has 1 aromatic carbocycles. The molecule has 160 valence electrons. The number of nitrogens with zero attached hydrogens (tertiary/aromatic N) is 3. The minimum absolute atomic E-state index is 0.0710. The Morgan fingerprint density at radius 1 is 1.17 bits per heavy atom. The van der Waals surface area contributed by atoms with Crippen molar-refractivity contribution in [3.05, 3.63) is 59.7 Å². The number of likely N-dealkylation sites (N-methyl/N-ethyl adjacent to an activating group) is 1. The SMILES string of the molecule is CC(=O)NC[C@]1(c2ccccc2)CC[C@H](O)[C@@H](N(C)C(=O)c2cnc(C)nc2)CC1. The van der Waals surface area contributed by atoms with Crippen molar-refractivity contribution in [2.24, 2.45) is 0 Å². The van der Waals surface area contributed by atoms with Gasteiger partial charge in [-0.1, -0.05) is 30.3 Å². The Bertz CT molecular complexity index is 872. The summed E-state index contributed by atoms with van der Waals surface area (Å²) in [6.07, 6.45) is 5.05. The largest absolute Gasteiger partial charge is 0.391 e. The second kappa shape index (κ2) is 9.34. The highest BCUT2D eigenvalue weighted by Crippen LogP contribution is 2.39. The molecule has 3 rings (SSSR count). The van der Waals surface area contributed by atoms with Crippen molar-refractivity contribution in [1.82, 2.24) is 20.2 Å². The fourth-order valence-corrected chi connectivity index (χ4v) is 4.32. The summed E-state index contributed by atoms with van der Waals surface area (Å²) >= 11 is 0. The van der Waals surface area contributed by atoms with E-state index in [1.165, 1.54) is 19.3 Å². The molecule has 0 aliphatic heterocycles. The summed E-state index contributed by atoms with van der Waals surface area (Å²) in [5, 5.41) is 13.9. The van der Waals surface area contributed by atoms with E-state index >= 15 is 0 Å². The fourth-order valence-electron chi connectivity index (χ4n) is 4.32. The number of aryl methyl sites for hydroxylation is 1. The van der Waals surface area contributed by atoms with Crippen molar-refractivity contribution in [1.29, 1.82) is 0 Å². The van der Waals surface area contributed by atoms with Gasteiger partial charge >= 0.3 is 0 Å². The second-order valence-electron chi connectivity index (χ2n) is 8.20. The number of aliphatic hydroxyl groups is 1. The molecule has 0 bridgehead atoms. The maximum absolute atomic E-state index is 12.9. The number of hydrogen-bond acceptors (Lipinski definition) is 5. The highest BCUT2D eigenvalue weighted by molar-refractivity contribution is 5.93. The zero-order chi connectivity index (χ0) is 21.7. The molecule has 1 fully saturated rings. The molecular formula is C23H30N4O3. The average molecular weight is 411 g/mol. The Labute approximate surface area is 177 Å². The van der Waals surface area contributed by atoms with Crippen LogP contribution in [0, 0.1) is 6.92 Å². The van der Waals surface area contributed by atoms with Crippen LogP contribution in [0.5, 0.6) is 0 Å². The molecule has 1 aliphatic rings. The van der Waals surface area contributed by atoms with Crippen LogP contribution in [0.15, 0.2) is 42.7 Å². The summed E-state index contributed by atoms with van der Waals surface area (Å²) in [4.78, 5) is 34.4. The summed E-state index contributed by atoms with van der Waals surface area (Å²) in [5.74, 6) is 0.334. The first-order chi connectivity index (χ1) is 14.3. The molecule has 2 N–H and O–H groups in total. The molecule has 2 amide bonds. The zero-order valence-electron chi connectivity index (χ0n) is 17.8. The van der Waals surface area contributed by atoms with Crippen LogP contribution in [0.25, 0.3) is 0 Å². The average Bonchev–Trinajstić information content (AvgIpc) is 2.92. The molecule has 1 aromatic heterocycles. The van der Waals surface area contributed by atoms with E-state index < -0.39 is 6.10 Å². The summed E-state index contributed by atoms with van der Waals surface area (Å²) in [6.45, 7) is 3.80. The predicted molar refractivity (Wildman–Crippen MR) is 114 cm³/mol. The first-order valence-electron chi connectivity index (χ1n) is 10.4. The molecular weight excluding hydrogens is 380 g/mol. The molecule has 7 heteroatoms. The highest BCUT2D eigenvalue weighted by Gasteiger charge is 2.40. The minimum Gasteiger partial charge on any atom is -0.391 e. The number of benzene rings is 1. The summed E-state index contributed by atoms with van der Waals surface area (Å²) in [6, 6.07) is 9.80. The lowest BCUT2D eigenvalue weighted by molar-refractivity contribution is -0.119. The molecule has 0 spiro atoms. The molecule has 2 aromatic rings. The van der Waals surface area contributed by atoms with E-state index in [0.717, 1.165) is 18.4 Å². The van der Waals surface area contributed by atoms with E-state index in [1.807, 2.05) is 18.2 Å². The lowest BCUT2D eigenvalue weighted by Gasteiger charge is -2.34. The van der Waals surface area contributed by atoms with Crippen LogP contribution in [-0.4, -0.2) is 57.5 Å². The monoisotopic (exact) mass is 410 g/mol. The minimum atomic E-state index is -0.645. The highest BCUT2D eigenvalue weighted by atomic mass is 16.3. The van der Waals surface area contributed by atoms with Gasteiger partial charge in [0.25, 0.3) is 5.91 Å². The smallest absolute Gasteiger partial charge is 0.257 e. The van der Waals surface area contributed by atoms with Crippen molar-refractivity contribution in [2.45, 2.75) is 57.1 Å². The van der Waals surface area contributed by atoms with Crippen LogP contribution >= 0.6 is 0 Å². The van der Waals surface area contributed by atoms with Gasteiger partial charge in [0.15, 0.2) is 0 Å². The summed E-state index contributed by atoms with van der Waals surface area (Å²) in [7, 11) is 1.72. The molecule has 1 saturated carbocycles. The molecule has 0 unspecified atom stereocenters. The number of amides is 2. The number of carbonyl (C=O) groups excluding carboxylic acids is 2. The number of carbonyl (C=O) groups is 2. The quantitative estimate of drug-likeness (QED) is 0.737. The molecule has 0 saturated heterocycles. The first kappa shape index (κ1) is 21.9. The molecule has 30 heavy (non-hydrogen) atoms. The Balaban J connectivity index is 1.82. The maximum atomic E-state index is 12.9. The fraction of sp³-hybridized carbons (Fsp3) is 0.478. The number of aliphatic hydroxyl groups excluding tert-OH is 1. The number of nitrogens with one attached hydrogen (secondary N) is 1. The predicted octanol–water partition coefficient (Wildman–Crippen LogP) is 2.23. The third-order valence-electron chi connectivity index (χ3n) is 6.19. The van der Waals surface area contributed by atoms with Crippen LogP contribution in [0.2, 0.25) is 0 Å². The van der Waals surface area contributed by atoms with E-state index in [0.29, 0.717) is 30.8 Å². The molecule has 3 atom stereocenters. The van der Waals surface area contributed by atoms with Gasteiger partial charge in [-0.15, -0.1) is 0 Å². The van der Waals surface area contributed by atoms with Gasteiger partial charge < -0.3 is 15.3 Å². The zero-order valence-corrected chi connectivity index (χ0v) is 17.8. The second-order valence-corrected chi connectivity index (χ2v) is 8.20. The van der Waals surface area contributed by atoms with Crippen LogP contribution < -0.4 is 5.32 Å². The van der Waals surface area contributed by atoms with Gasteiger partial charge in [-0.05, 0) is 38.2 Å². The maximum Gasteiger partial charge on any atom is 0.257 e. The standard InChI is InChI=1S/C23H30N4O3/c1-16-24-13-18(14-25-16)22(30)27(3)20-9-11-23(12-10-21(20)29,15-26-17(2)28)19-7-5-4-6-8-19/h4-8,13-14,20-21,29H,9-12,15H2,1-3H3,(H,26,28)/t20-,21-,23+/m0/s1. The van der Waals surface area contributed by atoms with Crippen LogP contribution in [0.1, 0.15) is 54.4 Å². The molecule has 1 aliphatic carbocycles. The number of aromatic nitrogens is 2. The normalized spacial score (nSPS) is 24.0. The number of hydrogen-bond donors (Lipinski definition) is 2. The van der Waals surface area contributed by atoms with Gasteiger partial charge in [0.05, 0.1) is 17.7 Å². The van der Waals surface area contributed by atoms with Gasteiger partial charge in [-0.3, -0.25) is 9.59 Å². The Morgan fingerprint density at radius 3 is 2.43 bits per heavy atom. The van der Waals surface area contributed by atoms with E-state index in [1.54, 1.807) is 18.9 Å². The van der Waals surface area contributed by atoms with Gasteiger partial charge in [0.2, 0.25) is 5.91 Å². The molecule has 0 radical (unpaired) electrons. The van der Waals surface area contributed by atoms with E-state index in [-0.39, 0.29) is 23.3 Å². The Morgan fingerprint density at radius 2 is 1.80 bits per heavy atom. The summed E-state index contributed by atoms with van der Waals surface area (Å²) < 4.78 is 0. The Kier molecular flexibility index (Phi) is 6.82. The molecule has 7 nitrogen and oxygen atoms in total. The topological polar surface area (TPSA) is 95.4 Å². The van der Waals surface area contributed by atoms with Crippen molar-refractivity contribution in [3.8, 4) is 0 Å². The van der Waals surface area contributed by atoms with Crippen molar-refractivity contribution >= 4 is 11.8 Å². The molecule has 1 heterocycles. The lowest BCUT2D eigenvalue weighted by Crippen LogP contribution is -2.44. The van der Waals surface area contributed by atoms with Crippen molar-refractivity contribution < 1.29 is 14.7 Å². The van der Waals surface area contributed by atoms with Crippen LogP contribution in [0.4, 0.5) is 0 Å². The van der Waals surface area contributed by atoms with E-state index in [9.17, 15) is 14.7 Å². The van der Waals surface area contributed by atoms with Crippen molar-refractivity contribution in [2.75, 3.05) is 13.6 Å².